The smallest absolute Gasteiger partial charge is 0.258 e. The fourth-order valence-electron chi connectivity index (χ4n) is 3.09. The number of hydrogen-bond acceptors (Lipinski definition) is 3. The molecule has 0 aromatic heterocycles. The van der Waals surface area contributed by atoms with Gasteiger partial charge in [0.05, 0.1) is 5.69 Å². The monoisotopic (exact) mass is 290 g/mol. The molecule has 0 radical (unpaired) electrons. The van der Waals surface area contributed by atoms with E-state index in [1.54, 1.807) is 12.1 Å². The van der Waals surface area contributed by atoms with Crippen LogP contribution in [0.1, 0.15) is 45.4 Å². The van der Waals surface area contributed by atoms with E-state index >= 15 is 0 Å². The summed E-state index contributed by atoms with van der Waals surface area (Å²) in [6, 6.07) is 7.51. The molecule has 0 saturated heterocycles. The first-order valence-corrected chi connectivity index (χ1v) is 7.97. The first-order valence-electron chi connectivity index (χ1n) is 7.97. The van der Waals surface area contributed by atoms with Gasteiger partial charge in [0.1, 0.15) is 5.75 Å². The van der Waals surface area contributed by atoms with Crippen molar-refractivity contribution in [2.75, 3.05) is 12.3 Å². The van der Waals surface area contributed by atoms with E-state index in [0.717, 1.165) is 6.42 Å². The Labute approximate surface area is 127 Å². The van der Waals surface area contributed by atoms with E-state index in [4.69, 9.17) is 10.5 Å². The second-order valence-electron chi connectivity index (χ2n) is 5.81. The number of para-hydroxylation sites is 2. The highest BCUT2D eigenvalue weighted by Crippen LogP contribution is 2.27. The zero-order chi connectivity index (χ0) is 15.1. The highest BCUT2D eigenvalue weighted by atomic mass is 16.5. The number of amides is 1. The van der Waals surface area contributed by atoms with Crippen molar-refractivity contribution < 1.29 is 9.53 Å². The minimum Gasteiger partial charge on any atom is -0.482 e. The predicted molar refractivity (Wildman–Crippen MR) is 85.1 cm³/mol. The topological polar surface area (TPSA) is 64.3 Å². The van der Waals surface area contributed by atoms with Crippen LogP contribution in [0.3, 0.4) is 0 Å². The van der Waals surface area contributed by atoms with Crippen molar-refractivity contribution in [3.8, 4) is 5.75 Å². The van der Waals surface area contributed by atoms with Crippen molar-refractivity contribution >= 4 is 11.6 Å². The van der Waals surface area contributed by atoms with Crippen LogP contribution in [0, 0.1) is 5.92 Å². The second kappa shape index (κ2) is 7.91. The lowest BCUT2D eigenvalue weighted by atomic mass is 9.83. The Morgan fingerprint density at radius 1 is 1.33 bits per heavy atom. The van der Waals surface area contributed by atoms with Crippen LogP contribution in [-0.4, -0.2) is 18.6 Å². The van der Waals surface area contributed by atoms with Gasteiger partial charge in [-0.3, -0.25) is 4.79 Å². The summed E-state index contributed by atoms with van der Waals surface area (Å²) in [7, 11) is 0. The molecule has 21 heavy (non-hydrogen) atoms. The van der Waals surface area contributed by atoms with Gasteiger partial charge in [-0.15, -0.1) is 0 Å². The van der Waals surface area contributed by atoms with Crippen molar-refractivity contribution in [1.29, 1.82) is 0 Å². The van der Waals surface area contributed by atoms with E-state index in [0.29, 0.717) is 17.4 Å². The summed E-state index contributed by atoms with van der Waals surface area (Å²) < 4.78 is 5.49. The van der Waals surface area contributed by atoms with Crippen LogP contribution in [0.4, 0.5) is 5.69 Å². The molecule has 1 amide bonds. The Kier molecular flexibility index (Phi) is 5.90. The fraction of sp³-hybridized carbons (Fsp3) is 0.588. The van der Waals surface area contributed by atoms with Crippen molar-refractivity contribution in [3.63, 3.8) is 0 Å². The molecule has 0 aliphatic heterocycles. The minimum atomic E-state index is -0.0596. The molecule has 1 unspecified atom stereocenters. The van der Waals surface area contributed by atoms with Gasteiger partial charge in [-0.2, -0.15) is 0 Å². The molecule has 116 valence electrons. The van der Waals surface area contributed by atoms with Crippen molar-refractivity contribution in [2.24, 2.45) is 5.92 Å². The molecule has 1 atom stereocenters. The fourth-order valence-corrected chi connectivity index (χ4v) is 3.09. The number of ether oxygens (including phenoxy) is 1. The molecule has 3 N–H and O–H groups in total. The number of carbonyl (C=O) groups is 1. The number of anilines is 1. The van der Waals surface area contributed by atoms with Crippen molar-refractivity contribution in [3.05, 3.63) is 24.3 Å². The summed E-state index contributed by atoms with van der Waals surface area (Å²) in [5.74, 6) is 1.13. The number of nitrogens with one attached hydrogen (secondary N) is 1. The Balaban J connectivity index is 1.81. The van der Waals surface area contributed by atoms with Crippen LogP contribution in [-0.2, 0) is 4.79 Å². The molecule has 1 aromatic rings. The normalized spacial score (nSPS) is 17.2. The van der Waals surface area contributed by atoms with E-state index in [-0.39, 0.29) is 18.6 Å². The van der Waals surface area contributed by atoms with E-state index in [2.05, 4.69) is 12.2 Å². The average Bonchev–Trinajstić information content (AvgIpc) is 2.52. The average molecular weight is 290 g/mol. The standard InChI is InChI=1S/C17H26N2O2/c1-2-15(13-8-4-3-5-9-13)19-17(20)12-21-16-11-7-6-10-14(16)18/h6-7,10-11,13,15H,2-5,8-9,12,18H2,1H3,(H,19,20). The molecule has 1 aliphatic rings. The Morgan fingerprint density at radius 2 is 2.05 bits per heavy atom. The van der Waals surface area contributed by atoms with E-state index < -0.39 is 0 Å². The number of rotatable bonds is 6. The summed E-state index contributed by atoms with van der Waals surface area (Å²) in [6.45, 7) is 2.16. The molecule has 1 aromatic carbocycles. The summed E-state index contributed by atoms with van der Waals surface area (Å²) >= 11 is 0. The van der Waals surface area contributed by atoms with E-state index in [9.17, 15) is 4.79 Å². The number of hydrogen-bond donors (Lipinski definition) is 2. The van der Waals surface area contributed by atoms with Gasteiger partial charge < -0.3 is 15.8 Å². The molecule has 4 nitrogen and oxygen atoms in total. The number of nitrogens with two attached hydrogens (primary N) is 1. The lowest BCUT2D eigenvalue weighted by Gasteiger charge is -2.30. The number of nitrogen functional groups attached to an aromatic ring is 1. The first kappa shape index (κ1) is 15.7. The van der Waals surface area contributed by atoms with Gasteiger partial charge in [-0.1, -0.05) is 38.3 Å². The SMILES string of the molecule is CCC(NC(=O)COc1ccccc1N)C1CCCCC1. The zero-order valence-corrected chi connectivity index (χ0v) is 12.8. The Hall–Kier alpha value is -1.71. The molecule has 0 bridgehead atoms. The molecule has 1 saturated carbocycles. The summed E-state index contributed by atoms with van der Waals surface area (Å²) in [6.07, 6.45) is 7.33. The van der Waals surface area contributed by atoms with Crippen LogP contribution in [0.15, 0.2) is 24.3 Å². The highest BCUT2D eigenvalue weighted by Gasteiger charge is 2.23. The van der Waals surface area contributed by atoms with E-state index in [1.807, 2.05) is 12.1 Å². The Bertz CT molecular complexity index is 456. The maximum atomic E-state index is 12.1. The quantitative estimate of drug-likeness (QED) is 0.791. The Morgan fingerprint density at radius 3 is 2.71 bits per heavy atom. The molecule has 2 rings (SSSR count). The third-order valence-electron chi connectivity index (χ3n) is 4.28. The highest BCUT2D eigenvalue weighted by molar-refractivity contribution is 5.78. The molecule has 0 heterocycles. The third-order valence-corrected chi connectivity index (χ3v) is 4.28. The van der Waals surface area contributed by atoms with E-state index in [1.165, 1.54) is 32.1 Å². The first-order chi connectivity index (χ1) is 10.2. The predicted octanol–water partition coefficient (Wildman–Crippen LogP) is 3.12. The number of benzene rings is 1. The van der Waals surface area contributed by atoms with Crippen LogP contribution in [0.5, 0.6) is 5.75 Å². The zero-order valence-electron chi connectivity index (χ0n) is 12.8. The molecule has 0 spiro atoms. The summed E-state index contributed by atoms with van der Waals surface area (Å²) in [4.78, 5) is 12.1. The lowest BCUT2D eigenvalue weighted by Crippen LogP contribution is -2.42. The van der Waals surface area contributed by atoms with Gasteiger partial charge in [0.15, 0.2) is 6.61 Å². The van der Waals surface area contributed by atoms with Gasteiger partial charge in [-0.05, 0) is 37.3 Å². The summed E-state index contributed by atoms with van der Waals surface area (Å²) in [5, 5.41) is 3.12. The largest absolute Gasteiger partial charge is 0.482 e. The van der Waals surface area contributed by atoms with Crippen molar-refractivity contribution in [1.82, 2.24) is 5.32 Å². The second-order valence-corrected chi connectivity index (χ2v) is 5.81. The third kappa shape index (κ3) is 4.66. The van der Waals surface area contributed by atoms with Crippen LogP contribution in [0.2, 0.25) is 0 Å². The van der Waals surface area contributed by atoms with Crippen LogP contribution >= 0.6 is 0 Å². The molecular weight excluding hydrogens is 264 g/mol. The molecule has 1 fully saturated rings. The lowest BCUT2D eigenvalue weighted by molar-refractivity contribution is -0.124. The molecule has 4 heteroatoms. The maximum absolute atomic E-state index is 12.1. The van der Waals surface area contributed by atoms with Crippen LogP contribution < -0.4 is 15.8 Å². The minimum absolute atomic E-state index is 0.0252. The maximum Gasteiger partial charge on any atom is 0.258 e. The molecule has 1 aliphatic carbocycles. The van der Waals surface area contributed by atoms with Crippen molar-refractivity contribution in [2.45, 2.75) is 51.5 Å². The van der Waals surface area contributed by atoms with Gasteiger partial charge in [0, 0.05) is 6.04 Å². The van der Waals surface area contributed by atoms with Crippen LogP contribution in [0.25, 0.3) is 0 Å². The van der Waals surface area contributed by atoms with Gasteiger partial charge in [0.25, 0.3) is 5.91 Å². The van der Waals surface area contributed by atoms with Gasteiger partial charge >= 0.3 is 0 Å². The molecular formula is C17H26N2O2. The van der Waals surface area contributed by atoms with Gasteiger partial charge in [-0.25, -0.2) is 0 Å². The number of carbonyl (C=O) groups excluding carboxylic acids is 1. The summed E-state index contributed by atoms with van der Waals surface area (Å²) in [5.41, 5.74) is 6.35. The van der Waals surface area contributed by atoms with Gasteiger partial charge in [0.2, 0.25) is 0 Å².